The van der Waals surface area contributed by atoms with Gasteiger partial charge in [0.05, 0.1) is 23.6 Å². The fourth-order valence-electron chi connectivity index (χ4n) is 3.40. The van der Waals surface area contributed by atoms with E-state index in [4.69, 9.17) is 11.6 Å². The van der Waals surface area contributed by atoms with Crippen LogP contribution >= 0.6 is 11.6 Å². The molecule has 1 aliphatic heterocycles. The van der Waals surface area contributed by atoms with Crippen molar-refractivity contribution in [1.82, 2.24) is 14.9 Å². The zero-order valence-corrected chi connectivity index (χ0v) is 14.2. The number of hydrogen-bond acceptors (Lipinski definition) is 4. The minimum atomic E-state index is -0.263. The van der Waals surface area contributed by atoms with Gasteiger partial charge in [0.15, 0.2) is 0 Å². The van der Waals surface area contributed by atoms with Crippen molar-refractivity contribution in [1.29, 1.82) is 0 Å². The predicted octanol–water partition coefficient (Wildman–Crippen LogP) is 2.56. The van der Waals surface area contributed by atoms with Gasteiger partial charge in [0.25, 0.3) is 5.56 Å². The van der Waals surface area contributed by atoms with E-state index in [1.165, 1.54) is 0 Å². The lowest BCUT2D eigenvalue weighted by atomic mass is 9.87. The lowest BCUT2D eigenvalue weighted by molar-refractivity contribution is 0.121. The number of fused-ring (bicyclic) bond motifs is 1. The Morgan fingerprint density at radius 2 is 2.26 bits per heavy atom. The Morgan fingerprint density at radius 3 is 3.04 bits per heavy atom. The summed E-state index contributed by atoms with van der Waals surface area (Å²) in [7, 11) is 0. The van der Waals surface area contributed by atoms with Crippen LogP contribution in [0.3, 0.4) is 0 Å². The van der Waals surface area contributed by atoms with Crippen molar-refractivity contribution < 1.29 is 5.11 Å². The number of aliphatic hydroxyl groups excluding tert-OH is 1. The van der Waals surface area contributed by atoms with Gasteiger partial charge >= 0.3 is 0 Å². The summed E-state index contributed by atoms with van der Waals surface area (Å²) in [6, 6.07) is 5.15. The van der Waals surface area contributed by atoms with Gasteiger partial charge in [-0.1, -0.05) is 25.4 Å². The third kappa shape index (κ3) is 3.91. The molecule has 6 heteroatoms. The third-order valence-corrected chi connectivity index (χ3v) is 4.54. The normalized spacial score (nSPS) is 22.2. The van der Waals surface area contributed by atoms with Gasteiger partial charge in [-0.05, 0) is 36.5 Å². The Labute approximate surface area is 140 Å². The Kier molecular flexibility index (Phi) is 4.45. The number of likely N-dealkylation sites (tertiary alicyclic amines) is 1. The largest absolute Gasteiger partial charge is 0.393 e. The van der Waals surface area contributed by atoms with E-state index in [2.05, 4.69) is 28.7 Å². The molecule has 0 aliphatic carbocycles. The van der Waals surface area contributed by atoms with Crippen LogP contribution in [0.1, 0.15) is 32.5 Å². The van der Waals surface area contributed by atoms with E-state index in [0.29, 0.717) is 28.3 Å². The summed E-state index contributed by atoms with van der Waals surface area (Å²) in [5.41, 5.74) is 0.532. The fourth-order valence-corrected chi connectivity index (χ4v) is 3.57. The van der Waals surface area contributed by atoms with Crippen LogP contribution in [0.2, 0.25) is 5.02 Å². The number of nitrogens with zero attached hydrogens (tertiary/aromatic N) is 2. The van der Waals surface area contributed by atoms with E-state index in [1.807, 2.05) is 0 Å². The molecule has 0 radical (unpaired) electrons. The molecule has 3 rings (SSSR count). The van der Waals surface area contributed by atoms with Crippen molar-refractivity contribution in [3.8, 4) is 0 Å². The summed E-state index contributed by atoms with van der Waals surface area (Å²) in [6.45, 7) is 6.56. The van der Waals surface area contributed by atoms with E-state index in [-0.39, 0.29) is 17.1 Å². The van der Waals surface area contributed by atoms with Gasteiger partial charge < -0.3 is 10.1 Å². The molecule has 2 N–H and O–H groups in total. The number of halogens is 1. The van der Waals surface area contributed by atoms with Gasteiger partial charge in [-0.15, -0.1) is 0 Å². The van der Waals surface area contributed by atoms with Gasteiger partial charge in [0.2, 0.25) is 0 Å². The van der Waals surface area contributed by atoms with E-state index < -0.39 is 0 Å². The quantitative estimate of drug-likeness (QED) is 0.885. The number of benzene rings is 1. The van der Waals surface area contributed by atoms with E-state index in [1.54, 1.807) is 18.2 Å². The van der Waals surface area contributed by atoms with Crippen molar-refractivity contribution >= 4 is 22.5 Å². The Balaban J connectivity index is 1.86. The molecular weight excluding hydrogens is 314 g/mol. The van der Waals surface area contributed by atoms with Crippen LogP contribution in [0.5, 0.6) is 0 Å². The average Bonchev–Trinajstić information content (AvgIpc) is 2.57. The van der Waals surface area contributed by atoms with Crippen LogP contribution in [0.4, 0.5) is 0 Å². The summed E-state index contributed by atoms with van der Waals surface area (Å²) in [4.78, 5) is 21.9. The molecule has 1 atom stereocenters. The molecule has 0 spiro atoms. The van der Waals surface area contributed by atoms with Gasteiger partial charge in [-0.2, -0.15) is 0 Å². The molecule has 0 saturated carbocycles. The minimum absolute atomic E-state index is 0.0422. The van der Waals surface area contributed by atoms with Crippen molar-refractivity contribution in [2.75, 3.05) is 13.1 Å². The van der Waals surface area contributed by atoms with Gasteiger partial charge in [-0.25, -0.2) is 4.98 Å². The van der Waals surface area contributed by atoms with E-state index in [0.717, 1.165) is 25.9 Å². The molecule has 124 valence electrons. The zero-order valence-electron chi connectivity index (χ0n) is 13.5. The molecule has 1 unspecified atom stereocenters. The number of hydrogen-bond donors (Lipinski definition) is 2. The summed E-state index contributed by atoms with van der Waals surface area (Å²) in [5.74, 6) is 0.650. The molecule has 5 nitrogen and oxygen atoms in total. The molecule has 0 bridgehead atoms. The third-order valence-electron chi connectivity index (χ3n) is 4.31. The molecule has 2 heterocycles. The van der Waals surface area contributed by atoms with Crippen molar-refractivity contribution in [2.24, 2.45) is 5.41 Å². The second-order valence-electron chi connectivity index (χ2n) is 7.20. The first-order valence-corrected chi connectivity index (χ1v) is 8.29. The molecular formula is C17H22ClN3O2. The van der Waals surface area contributed by atoms with E-state index >= 15 is 0 Å². The molecule has 1 saturated heterocycles. The number of nitrogens with one attached hydrogen (secondary N) is 1. The fraction of sp³-hybridized carbons (Fsp3) is 0.529. The van der Waals surface area contributed by atoms with Crippen LogP contribution in [-0.4, -0.2) is 39.2 Å². The number of rotatable bonds is 2. The molecule has 2 aromatic rings. The molecule has 1 aromatic heterocycles. The average molecular weight is 336 g/mol. The number of aliphatic hydroxyl groups is 1. The van der Waals surface area contributed by atoms with Crippen molar-refractivity contribution in [2.45, 2.75) is 39.3 Å². The number of aromatic amines is 1. The lowest BCUT2D eigenvalue weighted by Gasteiger charge is -2.29. The summed E-state index contributed by atoms with van der Waals surface area (Å²) in [6.07, 6.45) is 1.28. The molecule has 23 heavy (non-hydrogen) atoms. The zero-order chi connectivity index (χ0) is 16.6. The Bertz CT molecular complexity index is 772. The first kappa shape index (κ1) is 16.4. The summed E-state index contributed by atoms with van der Waals surface area (Å²) in [5, 5.41) is 11.0. The van der Waals surface area contributed by atoms with Crippen molar-refractivity contribution in [3.05, 3.63) is 39.4 Å². The number of aromatic nitrogens is 2. The van der Waals surface area contributed by atoms with Crippen LogP contribution in [0.25, 0.3) is 10.9 Å². The van der Waals surface area contributed by atoms with Gasteiger partial charge in [0.1, 0.15) is 5.82 Å². The van der Waals surface area contributed by atoms with Crippen LogP contribution in [0.15, 0.2) is 23.0 Å². The second-order valence-corrected chi connectivity index (χ2v) is 7.63. The van der Waals surface area contributed by atoms with E-state index in [9.17, 15) is 9.90 Å². The lowest BCUT2D eigenvalue weighted by Crippen LogP contribution is -2.33. The molecule has 1 fully saturated rings. The highest BCUT2D eigenvalue weighted by Crippen LogP contribution is 2.28. The smallest absolute Gasteiger partial charge is 0.258 e. The SMILES string of the molecule is CC1(C)CC(O)CCN(Cc2nc3ccc(Cl)cc3c(=O)[nH]2)C1. The van der Waals surface area contributed by atoms with Gasteiger partial charge in [0, 0.05) is 18.1 Å². The minimum Gasteiger partial charge on any atom is -0.393 e. The Morgan fingerprint density at radius 1 is 1.48 bits per heavy atom. The second kappa shape index (κ2) is 6.23. The van der Waals surface area contributed by atoms with Crippen LogP contribution < -0.4 is 5.56 Å². The van der Waals surface area contributed by atoms with Crippen LogP contribution in [-0.2, 0) is 6.54 Å². The molecule has 0 amide bonds. The van der Waals surface area contributed by atoms with Gasteiger partial charge in [-0.3, -0.25) is 9.69 Å². The molecule has 1 aliphatic rings. The standard InChI is InChI=1S/C17H22ClN3O2/c1-17(2)8-12(22)5-6-21(10-17)9-15-19-14-4-3-11(18)7-13(14)16(23)20-15/h3-4,7,12,22H,5-6,8-10H2,1-2H3,(H,19,20,23). The Hall–Kier alpha value is -1.43. The van der Waals surface area contributed by atoms with Crippen LogP contribution in [0, 0.1) is 5.41 Å². The molecule has 1 aromatic carbocycles. The van der Waals surface area contributed by atoms with Crippen molar-refractivity contribution in [3.63, 3.8) is 0 Å². The maximum Gasteiger partial charge on any atom is 0.258 e. The maximum atomic E-state index is 12.2. The highest BCUT2D eigenvalue weighted by molar-refractivity contribution is 6.31. The highest BCUT2D eigenvalue weighted by Gasteiger charge is 2.29. The first-order chi connectivity index (χ1) is 10.8. The number of H-pyrrole nitrogens is 1. The monoisotopic (exact) mass is 335 g/mol. The first-order valence-electron chi connectivity index (χ1n) is 7.91. The summed E-state index contributed by atoms with van der Waals surface area (Å²) >= 11 is 5.94. The maximum absolute atomic E-state index is 12.2. The topological polar surface area (TPSA) is 69.2 Å². The highest BCUT2D eigenvalue weighted by atomic mass is 35.5. The summed E-state index contributed by atoms with van der Waals surface area (Å²) < 4.78 is 0. The predicted molar refractivity (Wildman–Crippen MR) is 91.7 cm³/mol.